The van der Waals surface area contributed by atoms with Crippen LogP contribution in [0.5, 0.6) is 11.5 Å². The highest BCUT2D eigenvalue weighted by atomic mass is 16.6. The van der Waals surface area contributed by atoms with E-state index in [4.69, 9.17) is 14.6 Å². The van der Waals surface area contributed by atoms with Crippen LogP contribution in [0.3, 0.4) is 0 Å². The van der Waals surface area contributed by atoms with Crippen LogP contribution in [0.4, 0.5) is 5.69 Å². The fourth-order valence-corrected chi connectivity index (χ4v) is 1.50. The number of nitro groups is 1. The summed E-state index contributed by atoms with van der Waals surface area (Å²) < 4.78 is 10.6. The molecular weight excluding hydrogens is 252 g/mol. The molecule has 0 aliphatic heterocycles. The average Bonchev–Trinajstić information content (AvgIpc) is 2.37. The Morgan fingerprint density at radius 3 is 2.53 bits per heavy atom. The molecule has 0 unspecified atom stereocenters. The van der Waals surface area contributed by atoms with E-state index in [-0.39, 0.29) is 11.3 Å². The molecule has 0 spiro atoms. The van der Waals surface area contributed by atoms with Crippen molar-refractivity contribution < 1.29 is 19.5 Å². The van der Waals surface area contributed by atoms with Crippen molar-refractivity contribution in [1.29, 1.82) is 0 Å². The number of hydrogen-bond acceptors (Lipinski definition) is 6. The highest BCUT2D eigenvalue weighted by molar-refractivity contribution is 5.54. The Bertz CT molecular complexity index is 448. The first-order valence-electron chi connectivity index (χ1n) is 5.73. The first-order valence-corrected chi connectivity index (χ1v) is 5.73. The first-order chi connectivity index (χ1) is 8.99. The molecule has 0 saturated heterocycles. The molecule has 1 aromatic rings. The summed E-state index contributed by atoms with van der Waals surface area (Å²) in [5.41, 5.74) is 0.0185. The Labute approximate surface area is 111 Å². The summed E-state index contributed by atoms with van der Waals surface area (Å²) in [5, 5.41) is 20.0. The Morgan fingerprint density at radius 1 is 1.37 bits per heavy atom. The fraction of sp³-hybridized carbons (Fsp3) is 0.500. The molecule has 0 aromatic heterocycles. The summed E-state index contributed by atoms with van der Waals surface area (Å²) in [5.74, 6) is 0.668. The fourth-order valence-electron chi connectivity index (χ4n) is 1.50. The van der Waals surface area contributed by atoms with Gasteiger partial charge in [-0.3, -0.25) is 10.1 Å². The summed E-state index contributed by atoms with van der Waals surface area (Å²) in [4.78, 5) is 12.3. The molecule has 1 aromatic carbocycles. The molecule has 106 valence electrons. The van der Waals surface area contributed by atoms with Crippen LogP contribution in [0.15, 0.2) is 12.1 Å². The second-order valence-electron chi connectivity index (χ2n) is 4.20. The molecule has 0 aliphatic carbocycles. The number of hydrogen-bond donors (Lipinski definition) is 1. The van der Waals surface area contributed by atoms with Gasteiger partial charge in [0.1, 0.15) is 6.61 Å². The smallest absolute Gasteiger partial charge is 0.278 e. The van der Waals surface area contributed by atoms with Crippen molar-refractivity contribution in [3.63, 3.8) is 0 Å². The van der Waals surface area contributed by atoms with Crippen molar-refractivity contribution in [3.8, 4) is 11.5 Å². The van der Waals surface area contributed by atoms with Gasteiger partial charge in [-0.2, -0.15) is 0 Å². The third-order valence-electron chi connectivity index (χ3n) is 2.53. The lowest BCUT2D eigenvalue weighted by Crippen LogP contribution is -2.19. The maximum absolute atomic E-state index is 10.9. The zero-order valence-corrected chi connectivity index (χ0v) is 11.3. The Morgan fingerprint density at radius 2 is 2.05 bits per heavy atom. The van der Waals surface area contributed by atoms with Crippen molar-refractivity contribution in [1.82, 2.24) is 4.90 Å². The molecule has 0 saturated carbocycles. The predicted octanol–water partition coefficient (Wildman–Crippen LogP) is 1.04. The predicted molar refractivity (Wildman–Crippen MR) is 69.6 cm³/mol. The zero-order chi connectivity index (χ0) is 14.4. The van der Waals surface area contributed by atoms with Gasteiger partial charge < -0.3 is 19.5 Å². The van der Waals surface area contributed by atoms with Crippen LogP contribution in [0.2, 0.25) is 0 Å². The van der Waals surface area contributed by atoms with E-state index in [1.54, 1.807) is 0 Å². The number of aliphatic hydroxyl groups excluding tert-OH is 1. The van der Waals surface area contributed by atoms with E-state index in [0.29, 0.717) is 24.7 Å². The zero-order valence-electron chi connectivity index (χ0n) is 11.3. The SMILES string of the molecule is COc1cc(CO)c([N+](=O)[O-])cc1OCCN(C)C. The minimum absolute atomic E-state index is 0.178. The van der Waals surface area contributed by atoms with Gasteiger partial charge in [0.2, 0.25) is 0 Å². The van der Waals surface area contributed by atoms with Gasteiger partial charge in [-0.25, -0.2) is 0 Å². The van der Waals surface area contributed by atoms with E-state index in [2.05, 4.69) is 0 Å². The Balaban J connectivity index is 3.01. The largest absolute Gasteiger partial charge is 0.493 e. The minimum atomic E-state index is -0.552. The first kappa shape index (κ1) is 15.2. The van der Waals surface area contributed by atoms with Gasteiger partial charge >= 0.3 is 0 Å². The highest BCUT2D eigenvalue weighted by Gasteiger charge is 2.19. The van der Waals surface area contributed by atoms with Crippen LogP contribution in [0.25, 0.3) is 0 Å². The van der Waals surface area contributed by atoms with Gasteiger partial charge in [0.05, 0.1) is 30.3 Å². The number of benzene rings is 1. The van der Waals surface area contributed by atoms with Gasteiger partial charge in [-0.15, -0.1) is 0 Å². The number of nitrogens with zero attached hydrogens (tertiary/aromatic N) is 2. The van der Waals surface area contributed by atoms with Gasteiger partial charge in [0.15, 0.2) is 11.5 Å². The van der Waals surface area contributed by atoms with Gasteiger partial charge in [-0.05, 0) is 20.2 Å². The van der Waals surface area contributed by atoms with Crippen LogP contribution in [-0.4, -0.2) is 49.3 Å². The monoisotopic (exact) mass is 270 g/mol. The lowest BCUT2D eigenvalue weighted by Gasteiger charge is -2.14. The Kier molecular flexibility index (Phi) is 5.53. The van der Waals surface area contributed by atoms with Crippen molar-refractivity contribution in [2.24, 2.45) is 0 Å². The van der Waals surface area contributed by atoms with E-state index in [9.17, 15) is 10.1 Å². The van der Waals surface area contributed by atoms with E-state index >= 15 is 0 Å². The van der Waals surface area contributed by atoms with Crippen LogP contribution in [0, 0.1) is 10.1 Å². The molecule has 7 nitrogen and oxygen atoms in total. The third kappa shape index (κ3) is 4.08. The number of aliphatic hydroxyl groups is 1. The van der Waals surface area contributed by atoms with Gasteiger partial charge in [-0.1, -0.05) is 0 Å². The second-order valence-corrected chi connectivity index (χ2v) is 4.20. The molecule has 1 rings (SSSR count). The van der Waals surface area contributed by atoms with Crippen molar-refractivity contribution >= 4 is 5.69 Å². The van der Waals surface area contributed by atoms with Crippen LogP contribution >= 0.6 is 0 Å². The molecule has 0 radical (unpaired) electrons. The molecule has 0 fully saturated rings. The van der Waals surface area contributed by atoms with Gasteiger partial charge in [0, 0.05) is 6.54 Å². The second kappa shape index (κ2) is 6.91. The van der Waals surface area contributed by atoms with E-state index in [1.165, 1.54) is 19.2 Å². The van der Waals surface area contributed by atoms with Crippen molar-refractivity contribution in [2.75, 3.05) is 34.4 Å². The Hall–Kier alpha value is -1.86. The number of methoxy groups -OCH3 is 1. The van der Waals surface area contributed by atoms with E-state index in [0.717, 1.165) is 0 Å². The van der Waals surface area contributed by atoms with Gasteiger partial charge in [0.25, 0.3) is 5.69 Å². The molecule has 0 atom stereocenters. The minimum Gasteiger partial charge on any atom is -0.493 e. The summed E-state index contributed by atoms with van der Waals surface area (Å²) in [6, 6.07) is 2.70. The quantitative estimate of drug-likeness (QED) is 0.588. The standard InChI is InChI=1S/C12H18N2O5/c1-13(2)4-5-19-12-7-10(14(16)17)9(8-15)6-11(12)18-3/h6-7,15H,4-5,8H2,1-3H3. The molecule has 19 heavy (non-hydrogen) atoms. The number of nitro benzene ring substituents is 1. The lowest BCUT2D eigenvalue weighted by molar-refractivity contribution is -0.385. The van der Waals surface area contributed by atoms with Crippen LogP contribution in [-0.2, 0) is 6.61 Å². The molecule has 1 N–H and O–H groups in total. The van der Waals surface area contributed by atoms with Crippen molar-refractivity contribution in [3.05, 3.63) is 27.8 Å². The van der Waals surface area contributed by atoms with Crippen LogP contribution < -0.4 is 9.47 Å². The van der Waals surface area contributed by atoms with E-state index in [1.807, 2.05) is 19.0 Å². The summed E-state index contributed by atoms with van der Waals surface area (Å²) >= 11 is 0. The van der Waals surface area contributed by atoms with Crippen LogP contribution in [0.1, 0.15) is 5.56 Å². The topological polar surface area (TPSA) is 85.1 Å². The summed E-state index contributed by atoms with van der Waals surface area (Å²) in [7, 11) is 5.25. The summed E-state index contributed by atoms with van der Waals surface area (Å²) in [6.45, 7) is 0.641. The number of likely N-dealkylation sites (N-methyl/N-ethyl adjacent to an activating group) is 1. The molecule has 0 amide bonds. The molecule has 0 heterocycles. The highest BCUT2D eigenvalue weighted by Crippen LogP contribution is 2.34. The number of rotatable bonds is 7. The summed E-state index contributed by atoms with van der Waals surface area (Å²) in [6.07, 6.45) is 0. The normalized spacial score (nSPS) is 10.6. The van der Waals surface area contributed by atoms with Crippen molar-refractivity contribution in [2.45, 2.75) is 6.61 Å². The maximum atomic E-state index is 10.9. The third-order valence-corrected chi connectivity index (χ3v) is 2.53. The van der Waals surface area contributed by atoms with E-state index < -0.39 is 11.5 Å². The number of ether oxygens (including phenoxy) is 2. The molecular formula is C12H18N2O5. The average molecular weight is 270 g/mol. The molecule has 7 heteroatoms. The molecule has 0 bridgehead atoms. The maximum Gasteiger partial charge on any atom is 0.278 e. The lowest BCUT2D eigenvalue weighted by atomic mass is 10.1. The molecule has 0 aliphatic rings.